The van der Waals surface area contributed by atoms with Crippen molar-refractivity contribution in [3.05, 3.63) is 69.3 Å². The van der Waals surface area contributed by atoms with Crippen molar-refractivity contribution in [1.29, 1.82) is 0 Å². The number of rotatable bonds is 6. The zero-order valence-corrected chi connectivity index (χ0v) is 21.2. The van der Waals surface area contributed by atoms with Crippen molar-refractivity contribution in [1.82, 2.24) is 0 Å². The van der Waals surface area contributed by atoms with E-state index in [-0.39, 0.29) is 5.91 Å². The summed E-state index contributed by atoms with van der Waals surface area (Å²) in [7, 11) is -2.19. The first-order valence-corrected chi connectivity index (χ1v) is 13.7. The van der Waals surface area contributed by atoms with Crippen molar-refractivity contribution in [2.24, 2.45) is 0 Å². The molecule has 0 bridgehead atoms. The number of anilines is 1. The molecule has 0 aromatic heterocycles. The molecule has 0 radical (unpaired) electrons. The average molecular weight is 461 g/mol. The van der Waals surface area contributed by atoms with Gasteiger partial charge in [0.15, 0.2) is 0 Å². The maximum Gasteiger partial charge on any atom is 0.260 e. The van der Waals surface area contributed by atoms with Gasteiger partial charge in [-0.2, -0.15) is 0 Å². The number of carbonyl (C=O) groups excluding carboxylic acids is 1. The van der Waals surface area contributed by atoms with E-state index >= 15 is 0 Å². The standard InChI is InChI=1S/C25H31Cl2NOSi/c1-16(2)30(17(3)4,18(5)6)24(27)23-21-14-20(26)12-13-22(21)28(25(23)29)15-19-10-8-7-9-11-19/h7-14,16-18H,15H2,1-6H3/b24-23-. The van der Waals surface area contributed by atoms with E-state index in [2.05, 4.69) is 41.5 Å². The van der Waals surface area contributed by atoms with Crippen LogP contribution in [0.4, 0.5) is 5.69 Å². The normalized spacial score (nSPS) is 16.1. The van der Waals surface area contributed by atoms with Gasteiger partial charge in [-0.1, -0.05) is 95.1 Å². The fourth-order valence-electron chi connectivity index (χ4n) is 5.42. The van der Waals surface area contributed by atoms with Gasteiger partial charge in [-0.25, -0.2) is 0 Å². The minimum Gasteiger partial charge on any atom is -0.303 e. The number of hydrogen-bond donors (Lipinski definition) is 0. The largest absolute Gasteiger partial charge is 0.303 e. The van der Waals surface area contributed by atoms with E-state index < -0.39 is 8.07 Å². The summed E-state index contributed by atoms with van der Waals surface area (Å²) >= 11 is 13.7. The minimum atomic E-state index is -2.19. The van der Waals surface area contributed by atoms with Gasteiger partial charge in [-0.15, -0.1) is 0 Å². The van der Waals surface area contributed by atoms with Gasteiger partial charge in [-0.05, 0) is 40.4 Å². The quantitative estimate of drug-likeness (QED) is 0.315. The number of nitrogens with zero attached hydrogens (tertiary/aromatic N) is 1. The van der Waals surface area contributed by atoms with Crippen molar-refractivity contribution in [3.63, 3.8) is 0 Å². The number of amides is 1. The van der Waals surface area contributed by atoms with Gasteiger partial charge in [0.1, 0.15) is 8.07 Å². The summed E-state index contributed by atoms with van der Waals surface area (Å²) < 4.78 is 0.798. The molecule has 30 heavy (non-hydrogen) atoms. The third-order valence-corrected chi connectivity index (χ3v) is 14.8. The SMILES string of the molecule is CC(C)[Si](/C(Cl)=C1\C(=O)N(Cc2ccccc2)c2ccc(Cl)cc21)(C(C)C)C(C)C. The highest BCUT2D eigenvalue weighted by Crippen LogP contribution is 2.52. The molecule has 3 rings (SSSR count). The maximum atomic E-state index is 13.8. The van der Waals surface area contributed by atoms with Crippen molar-refractivity contribution in [2.45, 2.75) is 64.7 Å². The molecule has 1 aliphatic rings. The lowest BCUT2D eigenvalue weighted by atomic mass is 10.1. The zero-order chi connectivity index (χ0) is 22.2. The smallest absolute Gasteiger partial charge is 0.260 e. The van der Waals surface area contributed by atoms with Crippen LogP contribution in [0.2, 0.25) is 21.6 Å². The molecule has 0 saturated carbocycles. The van der Waals surface area contributed by atoms with Crippen LogP contribution in [0.1, 0.15) is 52.7 Å². The minimum absolute atomic E-state index is 0.0139. The van der Waals surface area contributed by atoms with Crippen LogP contribution in [-0.2, 0) is 11.3 Å². The number of fused-ring (bicyclic) bond motifs is 1. The fourth-order valence-corrected chi connectivity index (χ4v) is 13.9. The van der Waals surface area contributed by atoms with E-state index in [0.29, 0.717) is 33.8 Å². The molecular formula is C25H31Cl2NOSi. The Morgan fingerprint density at radius 1 is 0.933 bits per heavy atom. The average Bonchev–Trinajstić information content (AvgIpc) is 2.93. The first kappa shape index (κ1) is 23.1. The molecule has 2 nitrogen and oxygen atoms in total. The van der Waals surface area contributed by atoms with E-state index in [1.807, 2.05) is 53.4 Å². The van der Waals surface area contributed by atoms with Crippen LogP contribution in [0.25, 0.3) is 5.57 Å². The molecular weight excluding hydrogens is 429 g/mol. The molecule has 160 valence electrons. The second-order valence-corrected chi connectivity index (χ2v) is 16.1. The summed E-state index contributed by atoms with van der Waals surface area (Å²) in [4.78, 5) is 15.6. The summed E-state index contributed by atoms with van der Waals surface area (Å²) in [5, 5.41) is 0.621. The third kappa shape index (κ3) is 3.76. The Labute approximate surface area is 191 Å². The number of carbonyl (C=O) groups is 1. The molecule has 0 atom stereocenters. The highest BCUT2D eigenvalue weighted by Gasteiger charge is 2.49. The van der Waals surface area contributed by atoms with Gasteiger partial charge in [0, 0.05) is 15.2 Å². The summed E-state index contributed by atoms with van der Waals surface area (Å²) in [6.07, 6.45) is 0. The highest BCUT2D eigenvalue weighted by atomic mass is 35.5. The Hall–Kier alpha value is -1.55. The van der Waals surface area contributed by atoms with Crippen molar-refractivity contribution in [2.75, 3.05) is 4.90 Å². The number of halogens is 2. The molecule has 2 aromatic carbocycles. The lowest BCUT2D eigenvalue weighted by Gasteiger charge is -2.43. The van der Waals surface area contributed by atoms with Crippen LogP contribution in [0.3, 0.4) is 0 Å². The lowest BCUT2D eigenvalue weighted by Crippen LogP contribution is -2.46. The third-order valence-electron chi connectivity index (χ3n) is 6.63. The monoisotopic (exact) mass is 459 g/mol. The molecule has 0 fully saturated rings. The van der Waals surface area contributed by atoms with Gasteiger partial charge < -0.3 is 4.90 Å². The predicted molar refractivity (Wildman–Crippen MR) is 133 cm³/mol. The van der Waals surface area contributed by atoms with Crippen LogP contribution in [0, 0.1) is 0 Å². The van der Waals surface area contributed by atoms with Gasteiger partial charge >= 0.3 is 0 Å². The Bertz CT molecular complexity index is 945. The molecule has 1 amide bonds. The van der Waals surface area contributed by atoms with Crippen molar-refractivity contribution < 1.29 is 4.79 Å². The molecule has 0 N–H and O–H groups in total. The van der Waals surface area contributed by atoms with E-state index in [1.54, 1.807) is 0 Å². The van der Waals surface area contributed by atoms with Crippen LogP contribution in [-0.4, -0.2) is 14.0 Å². The predicted octanol–water partition coefficient (Wildman–Crippen LogP) is 8.05. The summed E-state index contributed by atoms with van der Waals surface area (Å²) in [6.45, 7) is 14.1. The van der Waals surface area contributed by atoms with Crippen molar-refractivity contribution >= 4 is 48.4 Å². The zero-order valence-electron chi connectivity index (χ0n) is 18.7. The first-order valence-electron chi connectivity index (χ1n) is 10.7. The summed E-state index contributed by atoms with van der Waals surface area (Å²) in [5.41, 5.74) is 4.74. The lowest BCUT2D eigenvalue weighted by molar-refractivity contribution is -0.113. The van der Waals surface area contributed by atoms with E-state index in [0.717, 1.165) is 21.5 Å². The number of hydrogen-bond acceptors (Lipinski definition) is 1. The second kappa shape index (κ2) is 8.90. The van der Waals surface area contributed by atoms with Gasteiger partial charge in [-0.3, -0.25) is 4.79 Å². The second-order valence-electron chi connectivity index (χ2n) is 9.12. The van der Waals surface area contributed by atoms with Crippen LogP contribution in [0.5, 0.6) is 0 Å². The Morgan fingerprint density at radius 3 is 2.03 bits per heavy atom. The topological polar surface area (TPSA) is 20.3 Å². The first-order chi connectivity index (χ1) is 14.1. The van der Waals surface area contributed by atoms with Crippen LogP contribution >= 0.6 is 23.2 Å². The molecule has 2 aromatic rings. The van der Waals surface area contributed by atoms with E-state index in [4.69, 9.17) is 23.2 Å². The highest BCUT2D eigenvalue weighted by molar-refractivity contribution is 6.98. The Balaban J connectivity index is 2.24. The Kier molecular flexibility index (Phi) is 6.86. The summed E-state index contributed by atoms with van der Waals surface area (Å²) in [5.74, 6) is -0.0139. The van der Waals surface area contributed by atoms with Crippen LogP contribution < -0.4 is 4.90 Å². The molecule has 0 unspecified atom stereocenters. The number of benzene rings is 2. The molecule has 0 aliphatic carbocycles. The molecule has 0 spiro atoms. The fraction of sp³-hybridized carbons (Fsp3) is 0.400. The van der Waals surface area contributed by atoms with Crippen molar-refractivity contribution in [3.8, 4) is 0 Å². The molecule has 0 saturated heterocycles. The molecule has 5 heteroatoms. The van der Waals surface area contributed by atoms with Gasteiger partial charge in [0.05, 0.1) is 17.8 Å². The summed E-state index contributed by atoms with van der Waals surface area (Å²) in [6, 6.07) is 15.8. The maximum absolute atomic E-state index is 13.8. The van der Waals surface area contributed by atoms with Gasteiger partial charge in [0.2, 0.25) is 0 Å². The Morgan fingerprint density at radius 2 is 1.50 bits per heavy atom. The van der Waals surface area contributed by atoms with Gasteiger partial charge in [0.25, 0.3) is 5.91 Å². The van der Waals surface area contributed by atoms with E-state index in [1.165, 1.54) is 0 Å². The molecule has 1 aliphatic heterocycles. The molecule has 1 heterocycles. The van der Waals surface area contributed by atoms with E-state index in [9.17, 15) is 4.79 Å². The van der Waals surface area contributed by atoms with Crippen LogP contribution in [0.15, 0.2) is 53.2 Å².